The van der Waals surface area contributed by atoms with E-state index in [-0.39, 0.29) is 18.1 Å². The second kappa shape index (κ2) is 10.3. The molecule has 0 aliphatic rings. The first kappa shape index (κ1) is 18.5. The Morgan fingerprint density at radius 1 is 1.16 bits per heavy atom. The molecular weight excluding hydrogens is 296 g/mol. The van der Waals surface area contributed by atoms with Gasteiger partial charge in [-0.2, -0.15) is 0 Å². The first-order valence-corrected chi connectivity index (χ1v) is 7.85. The fourth-order valence-corrected chi connectivity index (χ4v) is 3.17. The molecule has 0 spiro atoms. The van der Waals surface area contributed by atoms with Gasteiger partial charge in [-0.05, 0) is 0 Å². The van der Waals surface area contributed by atoms with Gasteiger partial charge < -0.3 is 31.5 Å². The fourth-order valence-electron chi connectivity index (χ4n) is 0.869. The summed E-state index contributed by atoms with van der Waals surface area (Å²) in [6.07, 6.45) is -1.01. The molecule has 0 heterocycles. The molecule has 0 amide bonds. The molecule has 1 unspecified atom stereocenters. The molecule has 0 fully saturated rings. The molecule has 0 saturated heterocycles. The zero-order chi connectivity index (χ0) is 14.8. The Morgan fingerprint density at radius 3 is 2.21 bits per heavy atom. The van der Waals surface area contributed by atoms with E-state index in [1.54, 1.807) is 0 Å². The molecule has 0 bridgehead atoms. The average Bonchev–Trinajstić information content (AvgIpc) is 2.36. The minimum absolute atomic E-state index is 0.0344. The maximum absolute atomic E-state index is 10.9. The van der Waals surface area contributed by atoms with Gasteiger partial charge >= 0.3 is 11.9 Å². The highest BCUT2D eigenvalue weighted by Gasteiger charge is 2.19. The van der Waals surface area contributed by atoms with Crippen molar-refractivity contribution in [2.75, 3.05) is 24.7 Å². The number of hydrogen-bond donors (Lipinski definition) is 6. The number of carboxylic acids is 2. The summed E-state index contributed by atoms with van der Waals surface area (Å²) in [5, 5.41) is 37.7. The molecule has 0 radical (unpaired) electrons. The van der Waals surface area contributed by atoms with Gasteiger partial charge in [0.15, 0.2) is 0 Å². The second-order valence-corrected chi connectivity index (χ2v) is 6.20. The van der Waals surface area contributed by atoms with Gasteiger partial charge in [0, 0.05) is 18.1 Å². The predicted octanol–water partition coefficient (Wildman–Crippen LogP) is -1.82. The zero-order valence-electron chi connectivity index (χ0n) is 10.1. The van der Waals surface area contributed by atoms with Gasteiger partial charge in [0.05, 0.1) is 12.7 Å². The van der Waals surface area contributed by atoms with E-state index in [0.29, 0.717) is 0 Å². The van der Waals surface area contributed by atoms with E-state index in [1.165, 1.54) is 21.6 Å². The first-order valence-electron chi connectivity index (χ1n) is 5.36. The maximum atomic E-state index is 10.9. The number of aliphatic hydroxyl groups is 2. The van der Waals surface area contributed by atoms with Crippen LogP contribution in [0.4, 0.5) is 0 Å². The molecular formula is C9H18N2O6S2. The van der Waals surface area contributed by atoms with E-state index in [4.69, 9.17) is 26.2 Å². The second-order valence-electron chi connectivity index (χ2n) is 3.65. The lowest BCUT2D eigenvalue weighted by molar-refractivity contribution is -0.139. The van der Waals surface area contributed by atoms with Crippen molar-refractivity contribution in [2.24, 2.45) is 5.73 Å². The lowest BCUT2D eigenvalue weighted by atomic mass is 10.3. The van der Waals surface area contributed by atoms with E-state index in [1.807, 2.05) is 0 Å². The predicted molar refractivity (Wildman–Crippen MR) is 73.0 cm³/mol. The molecule has 0 aliphatic carbocycles. The topological polar surface area (TPSA) is 153 Å². The highest BCUT2D eigenvalue weighted by molar-refractivity contribution is 8.76. The number of nitrogens with one attached hydrogen (secondary N) is 1. The van der Waals surface area contributed by atoms with E-state index < -0.39 is 36.7 Å². The SMILES string of the molecule is N[C@@H](CSSC[C@H](NCC(O)CO)C(=O)O)C(=O)O. The van der Waals surface area contributed by atoms with Crippen molar-refractivity contribution >= 4 is 33.5 Å². The van der Waals surface area contributed by atoms with Crippen LogP contribution in [0.3, 0.4) is 0 Å². The summed E-state index contributed by atoms with van der Waals surface area (Å²) < 4.78 is 0. The number of carboxylic acid groups (broad SMARTS) is 2. The number of carbonyl (C=O) groups is 2. The van der Waals surface area contributed by atoms with Crippen LogP contribution in [-0.4, -0.2) is 75.2 Å². The van der Waals surface area contributed by atoms with Crippen LogP contribution in [0.5, 0.6) is 0 Å². The lowest BCUT2D eigenvalue weighted by Crippen LogP contribution is -2.43. The molecule has 7 N–H and O–H groups in total. The van der Waals surface area contributed by atoms with Gasteiger partial charge in [0.1, 0.15) is 12.1 Å². The molecule has 10 heteroatoms. The summed E-state index contributed by atoms with van der Waals surface area (Å²) >= 11 is 0. The van der Waals surface area contributed by atoms with E-state index >= 15 is 0 Å². The van der Waals surface area contributed by atoms with Crippen molar-refractivity contribution in [2.45, 2.75) is 18.2 Å². The number of nitrogens with two attached hydrogens (primary N) is 1. The van der Waals surface area contributed by atoms with Gasteiger partial charge in [-0.1, -0.05) is 21.6 Å². The summed E-state index contributed by atoms with van der Waals surface area (Å²) in [5.41, 5.74) is 5.28. The maximum Gasteiger partial charge on any atom is 0.321 e. The largest absolute Gasteiger partial charge is 0.480 e. The van der Waals surface area contributed by atoms with Crippen molar-refractivity contribution in [1.29, 1.82) is 0 Å². The van der Waals surface area contributed by atoms with Crippen molar-refractivity contribution < 1.29 is 30.0 Å². The molecule has 0 aromatic heterocycles. The number of aliphatic hydroxyl groups excluding tert-OH is 2. The number of aliphatic carboxylic acids is 2. The minimum Gasteiger partial charge on any atom is -0.480 e. The van der Waals surface area contributed by atoms with Crippen LogP contribution in [0.1, 0.15) is 0 Å². The Balaban J connectivity index is 3.89. The van der Waals surface area contributed by atoms with Crippen LogP contribution in [-0.2, 0) is 9.59 Å². The third-order valence-electron chi connectivity index (χ3n) is 1.99. The summed E-state index contributed by atoms with van der Waals surface area (Å²) in [6.45, 7) is -0.484. The normalized spacial score (nSPS) is 15.7. The third-order valence-corrected chi connectivity index (χ3v) is 4.44. The van der Waals surface area contributed by atoms with Crippen LogP contribution in [0.25, 0.3) is 0 Å². The average molecular weight is 314 g/mol. The van der Waals surface area contributed by atoms with Crippen LogP contribution in [0.2, 0.25) is 0 Å². The van der Waals surface area contributed by atoms with E-state index in [0.717, 1.165) is 0 Å². The van der Waals surface area contributed by atoms with Gasteiger partial charge in [-0.25, -0.2) is 0 Å². The van der Waals surface area contributed by atoms with Crippen molar-refractivity contribution in [3.8, 4) is 0 Å². The summed E-state index contributed by atoms with van der Waals surface area (Å²) in [6, 6.07) is -1.87. The summed E-state index contributed by atoms with van der Waals surface area (Å²) in [4.78, 5) is 21.3. The lowest BCUT2D eigenvalue weighted by Gasteiger charge is -2.16. The Hall–Kier alpha value is -0.520. The number of hydrogen-bond acceptors (Lipinski definition) is 8. The Bertz CT molecular complexity index is 294. The van der Waals surface area contributed by atoms with Crippen molar-refractivity contribution in [3.63, 3.8) is 0 Å². The molecule has 0 saturated carbocycles. The third kappa shape index (κ3) is 9.08. The van der Waals surface area contributed by atoms with Gasteiger partial charge in [-0.3, -0.25) is 9.59 Å². The minimum atomic E-state index is -1.10. The van der Waals surface area contributed by atoms with E-state index in [2.05, 4.69) is 5.32 Å². The van der Waals surface area contributed by atoms with Gasteiger partial charge in [0.2, 0.25) is 0 Å². The molecule has 3 atom stereocenters. The molecule has 0 aliphatic heterocycles. The van der Waals surface area contributed by atoms with Crippen LogP contribution < -0.4 is 11.1 Å². The zero-order valence-corrected chi connectivity index (χ0v) is 11.7. The van der Waals surface area contributed by atoms with Gasteiger partial charge in [-0.15, -0.1) is 0 Å². The monoisotopic (exact) mass is 314 g/mol. The molecule has 0 aromatic carbocycles. The summed E-state index contributed by atoms with van der Waals surface area (Å²) in [5.74, 6) is -1.83. The molecule has 19 heavy (non-hydrogen) atoms. The van der Waals surface area contributed by atoms with Crippen LogP contribution >= 0.6 is 21.6 Å². The Kier molecular flexibility index (Phi) is 10.0. The van der Waals surface area contributed by atoms with Gasteiger partial charge in [0.25, 0.3) is 0 Å². The smallest absolute Gasteiger partial charge is 0.321 e. The highest BCUT2D eigenvalue weighted by atomic mass is 33.1. The first-order chi connectivity index (χ1) is 8.88. The molecule has 0 aromatic rings. The summed E-state index contributed by atoms with van der Waals surface area (Å²) in [7, 11) is 2.35. The van der Waals surface area contributed by atoms with Crippen LogP contribution in [0.15, 0.2) is 0 Å². The van der Waals surface area contributed by atoms with Crippen molar-refractivity contribution in [1.82, 2.24) is 5.32 Å². The Labute approximate surface area is 118 Å². The highest BCUT2D eigenvalue weighted by Crippen LogP contribution is 2.22. The quantitative estimate of drug-likeness (QED) is 0.190. The standard InChI is InChI=1S/C9H18N2O6S2/c10-6(8(14)15)3-18-19-4-7(9(16)17)11-1-5(13)2-12/h5-7,11-13H,1-4,10H2,(H,14,15)(H,16,17)/t5?,6-,7-/m0/s1. The number of rotatable bonds is 11. The Morgan fingerprint density at radius 2 is 1.74 bits per heavy atom. The fraction of sp³-hybridized carbons (Fsp3) is 0.778. The van der Waals surface area contributed by atoms with Crippen molar-refractivity contribution in [3.05, 3.63) is 0 Å². The molecule has 112 valence electrons. The molecule has 0 rings (SSSR count). The van der Waals surface area contributed by atoms with E-state index in [9.17, 15) is 9.59 Å². The molecule has 8 nitrogen and oxygen atoms in total. The van der Waals surface area contributed by atoms with Crippen LogP contribution in [0, 0.1) is 0 Å².